The van der Waals surface area contributed by atoms with Crippen LogP contribution in [0.2, 0.25) is 0 Å². The molecule has 1 atom stereocenters. The Morgan fingerprint density at radius 1 is 1.47 bits per heavy atom. The zero-order valence-electron chi connectivity index (χ0n) is 10.2. The van der Waals surface area contributed by atoms with Gasteiger partial charge in [0.15, 0.2) is 0 Å². The third kappa shape index (κ3) is 4.88. The Balaban J connectivity index is 2.61. The molecule has 1 aromatic carbocycles. The molecule has 0 fully saturated rings. The lowest BCUT2D eigenvalue weighted by atomic mass is 10.2. The third-order valence-corrected chi connectivity index (χ3v) is 2.92. The van der Waals surface area contributed by atoms with E-state index in [9.17, 15) is 14.7 Å². The molecule has 0 aliphatic carbocycles. The van der Waals surface area contributed by atoms with Gasteiger partial charge in [-0.25, -0.2) is 0 Å². The summed E-state index contributed by atoms with van der Waals surface area (Å²) in [7, 11) is 1.37. The van der Waals surface area contributed by atoms with Gasteiger partial charge in [-0.15, -0.1) is 0 Å². The number of aromatic hydroxyl groups is 1. The second-order valence-electron chi connectivity index (χ2n) is 3.83. The van der Waals surface area contributed by atoms with Crippen molar-refractivity contribution < 1.29 is 24.5 Å². The van der Waals surface area contributed by atoms with Crippen LogP contribution < -0.4 is 5.32 Å². The van der Waals surface area contributed by atoms with E-state index in [2.05, 4.69) is 21.2 Å². The van der Waals surface area contributed by atoms with Crippen LogP contribution in [0.4, 0.5) is 0 Å². The van der Waals surface area contributed by atoms with Crippen LogP contribution in [-0.4, -0.2) is 41.8 Å². The summed E-state index contributed by atoms with van der Waals surface area (Å²) in [6.07, 6.45) is -0.817. The number of hydrogen-bond donors (Lipinski definition) is 3. The number of methoxy groups -OCH3 is 1. The monoisotopic (exact) mass is 331 g/mol. The number of carboxylic acid groups (broad SMARTS) is 1. The lowest BCUT2D eigenvalue weighted by molar-refractivity contribution is -0.139. The largest absolute Gasteiger partial charge is 0.507 e. The van der Waals surface area contributed by atoms with E-state index in [1.807, 2.05) is 0 Å². The Bertz CT molecular complexity index is 477. The average Bonchev–Trinajstić information content (AvgIpc) is 2.33. The topological polar surface area (TPSA) is 95.9 Å². The van der Waals surface area contributed by atoms with Crippen LogP contribution in [-0.2, 0) is 9.53 Å². The maximum Gasteiger partial charge on any atom is 0.306 e. The lowest BCUT2D eigenvalue weighted by Crippen LogP contribution is -2.34. The Labute approximate surface area is 118 Å². The van der Waals surface area contributed by atoms with E-state index in [0.29, 0.717) is 4.47 Å². The summed E-state index contributed by atoms with van der Waals surface area (Å²) in [4.78, 5) is 22.3. The maximum atomic E-state index is 11.8. The molecule has 1 unspecified atom stereocenters. The van der Waals surface area contributed by atoms with E-state index in [1.54, 1.807) is 6.07 Å². The van der Waals surface area contributed by atoms with Crippen molar-refractivity contribution in [3.8, 4) is 5.75 Å². The van der Waals surface area contributed by atoms with Crippen LogP contribution in [0, 0.1) is 0 Å². The van der Waals surface area contributed by atoms with E-state index in [0.717, 1.165) is 0 Å². The summed E-state index contributed by atoms with van der Waals surface area (Å²) < 4.78 is 5.59. The second-order valence-corrected chi connectivity index (χ2v) is 4.74. The van der Waals surface area contributed by atoms with Gasteiger partial charge >= 0.3 is 5.97 Å². The molecule has 0 saturated heterocycles. The van der Waals surface area contributed by atoms with Crippen LogP contribution in [0.15, 0.2) is 22.7 Å². The fourth-order valence-corrected chi connectivity index (χ4v) is 1.78. The number of carboxylic acids is 1. The molecule has 0 aliphatic rings. The van der Waals surface area contributed by atoms with Gasteiger partial charge in [-0.3, -0.25) is 9.59 Å². The summed E-state index contributed by atoms with van der Waals surface area (Å²) in [6, 6.07) is 4.49. The molecule has 6 nitrogen and oxygen atoms in total. The number of carbonyl (C=O) groups excluding carboxylic acids is 1. The molecule has 0 saturated carbocycles. The molecule has 104 valence electrons. The molecule has 0 heterocycles. The van der Waals surface area contributed by atoms with E-state index in [1.165, 1.54) is 19.2 Å². The Morgan fingerprint density at radius 2 is 2.16 bits per heavy atom. The predicted molar refractivity (Wildman–Crippen MR) is 71.2 cm³/mol. The highest BCUT2D eigenvalue weighted by molar-refractivity contribution is 9.10. The third-order valence-electron chi connectivity index (χ3n) is 2.43. The number of amides is 1. The van der Waals surface area contributed by atoms with Crippen molar-refractivity contribution in [2.75, 3.05) is 13.7 Å². The molecule has 19 heavy (non-hydrogen) atoms. The van der Waals surface area contributed by atoms with Crippen molar-refractivity contribution >= 4 is 27.8 Å². The van der Waals surface area contributed by atoms with E-state index >= 15 is 0 Å². The molecule has 0 aromatic heterocycles. The standard InChI is InChI=1S/C12H14BrNO5/c1-19-8(5-11(16)17)6-14-12(18)9-3-2-7(13)4-10(9)15/h2-4,8,15H,5-6H2,1H3,(H,14,18)(H,16,17). The fourth-order valence-electron chi connectivity index (χ4n) is 1.43. The van der Waals surface area contributed by atoms with E-state index in [4.69, 9.17) is 9.84 Å². The average molecular weight is 332 g/mol. The number of rotatable bonds is 6. The lowest BCUT2D eigenvalue weighted by Gasteiger charge is -2.14. The summed E-state index contributed by atoms with van der Waals surface area (Å²) >= 11 is 3.17. The Kier molecular flexibility index (Phi) is 5.78. The fraction of sp³-hybridized carbons (Fsp3) is 0.333. The SMILES string of the molecule is COC(CNC(=O)c1ccc(Br)cc1O)CC(=O)O. The second kappa shape index (κ2) is 7.10. The highest BCUT2D eigenvalue weighted by atomic mass is 79.9. The van der Waals surface area contributed by atoms with Crippen molar-refractivity contribution in [1.29, 1.82) is 0 Å². The highest BCUT2D eigenvalue weighted by Crippen LogP contribution is 2.22. The van der Waals surface area contributed by atoms with Crippen molar-refractivity contribution in [1.82, 2.24) is 5.32 Å². The summed E-state index contributed by atoms with van der Waals surface area (Å²) in [5, 5.41) is 20.8. The van der Waals surface area contributed by atoms with Crippen molar-refractivity contribution in [2.24, 2.45) is 0 Å². The number of nitrogens with one attached hydrogen (secondary N) is 1. The van der Waals surface area contributed by atoms with Crippen LogP contribution in [0.25, 0.3) is 0 Å². The molecule has 3 N–H and O–H groups in total. The van der Waals surface area contributed by atoms with Gasteiger partial charge in [0.2, 0.25) is 0 Å². The predicted octanol–water partition coefficient (Wildman–Crippen LogP) is 1.37. The van der Waals surface area contributed by atoms with Crippen LogP contribution in [0.5, 0.6) is 5.75 Å². The Hall–Kier alpha value is -1.60. The van der Waals surface area contributed by atoms with Crippen LogP contribution >= 0.6 is 15.9 Å². The number of halogens is 1. The molecule has 1 amide bonds. The van der Waals surface area contributed by atoms with Crippen LogP contribution in [0.3, 0.4) is 0 Å². The first kappa shape index (κ1) is 15.5. The summed E-state index contributed by atoms with van der Waals surface area (Å²) in [5.41, 5.74) is 0.119. The number of ether oxygens (including phenoxy) is 1. The molecular formula is C12H14BrNO5. The van der Waals surface area contributed by atoms with Gasteiger partial charge in [0.05, 0.1) is 18.1 Å². The molecule has 1 aromatic rings. The van der Waals surface area contributed by atoms with Gasteiger partial charge in [-0.1, -0.05) is 15.9 Å². The number of aliphatic carboxylic acids is 1. The zero-order chi connectivity index (χ0) is 14.4. The van der Waals surface area contributed by atoms with Crippen molar-refractivity contribution in [3.05, 3.63) is 28.2 Å². The van der Waals surface area contributed by atoms with E-state index < -0.39 is 18.0 Å². The first-order chi connectivity index (χ1) is 8.93. The van der Waals surface area contributed by atoms with E-state index in [-0.39, 0.29) is 24.3 Å². The number of hydrogen-bond acceptors (Lipinski definition) is 4. The van der Waals surface area contributed by atoms with Gasteiger partial charge in [0, 0.05) is 18.1 Å². The molecule has 0 radical (unpaired) electrons. The molecule has 0 spiro atoms. The van der Waals surface area contributed by atoms with Gasteiger partial charge < -0.3 is 20.3 Å². The minimum atomic E-state index is -1.01. The quantitative estimate of drug-likeness (QED) is 0.731. The normalized spacial score (nSPS) is 11.9. The number of benzene rings is 1. The van der Waals surface area contributed by atoms with Crippen LogP contribution in [0.1, 0.15) is 16.8 Å². The maximum absolute atomic E-state index is 11.8. The Morgan fingerprint density at radius 3 is 2.68 bits per heavy atom. The summed E-state index contributed by atoms with van der Waals surface area (Å²) in [5.74, 6) is -1.65. The molecule has 0 bridgehead atoms. The summed E-state index contributed by atoms with van der Waals surface area (Å²) in [6.45, 7) is 0.0527. The number of phenols is 1. The molecular weight excluding hydrogens is 318 g/mol. The van der Waals surface area contributed by atoms with Crippen molar-refractivity contribution in [2.45, 2.75) is 12.5 Å². The zero-order valence-corrected chi connectivity index (χ0v) is 11.8. The number of phenolic OH excluding ortho intramolecular Hbond substituents is 1. The van der Waals surface area contributed by atoms with Gasteiger partial charge in [-0.2, -0.15) is 0 Å². The minimum Gasteiger partial charge on any atom is -0.507 e. The first-order valence-corrected chi connectivity index (χ1v) is 6.24. The van der Waals surface area contributed by atoms with Crippen molar-refractivity contribution in [3.63, 3.8) is 0 Å². The highest BCUT2D eigenvalue weighted by Gasteiger charge is 2.16. The number of carbonyl (C=O) groups is 2. The minimum absolute atomic E-state index is 0.0527. The van der Waals surface area contributed by atoms with Gasteiger partial charge in [0.1, 0.15) is 5.75 Å². The van der Waals surface area contributed by atoms with Gasteiger partial charge in [-0.05, 0) is 18.2 Å². The first-order valence-electron chi connectivity index (χ1n) is 5.45. The molecule has 7 heteroatoms. The molecule has 1 rings (SSSR count). The van der Waals surface area contributed by atoms with Gasteiger partial charge in [0.25, 0.3) is 5.91 Å². The smallest absolute Gasteiger partial charge is 0.306 e. The molecule has 0 aliphatic heterocycles.